The van der Waals surface area contributed by atoms with Gasteiger partial charge < -0.3 is 5.73 Å². The van der Waals surface area contributed by atoms with E-state index in [1.165, 1.54) is 0 Å². The first kappa shape index (κ1) is 13.3. The Morgan fingerprint density at radius 1 is 1.10 bits per heavy atom. The molecule has 0 aliphatic carbocycles. The summed E-state index contributed by atoms with van der Waals surface area (Å²) in [6, 6.07) is 13.7. The lowest BCUT2D eigenvalue weighted by Crippen LogP contribution is -2.05. The van der Waals surface area contributed by atoms with Gasteiger partial charge in [0.05, 0.1) is 5.69 Å². The second-order valence-corrected chi connectivity index (χ2v) is 4.81. The molecule has 0 saturated heterocycles. The lowest BCUT2D eigenvalue weighted by atomic mass is 10.1. The minimum atomic E-state index is 0.461. The van der Waals surface area contributed by atoms with Crippen molar-refractivity contribution in [2.45, 2.75) is 19.9 Å². The molecule has 21 heavy (non-hydrogen) atoms. The largest absolute Gasteiger partial charge is 0.384 e. The van der Waals surface area contributed by atoms with E-state index in [0.717, 1.165) is 29.9 Å². The highest BCUT2D eigenvalue weighted by Gasteiger charge is 2.11. The van der Waals surface area contributed by atoms with Crippen LogP contribution >= 0.6 is 0 Å². The third-order valence-electron chi connectivity index (χ3n) is 3.20. The van der Waals surface area contributed by atoms with Gasteiger partial charge in [0, 0.05) is 24.4 Å². The minimum absolute atomic E-state index is 0.461. The third-order valence-corrected chi connectivity index (χ3v) is 3.20. The maximum atomic E-state index is 5.95. The van der Waals surface area contributed by atoms with Gasteiger partial charge in [0.1, 0.15) is 11.5 Å². The fourth-order valence-electron chi connectivity index (χ4n) is 2.25. The molecule has 106 valence electrons. The molecule has 2 heterocycles. The monoisotopic (exact) mass is 279 g/mol. The zero-order valence-corrected chi connectivity index (χ0v) is 11.9. The summed E-state index contributed by atoms with van der Waals surface area (Å²) in [5.41, 5.74) is 8.68. The second kappa shape index (κ2) is 5.75. The molecule has 0 saturated carbocycles. The van der Waals surface area contributed by atoms with Crippen molar-refractivity contribution in [1.29, 1.82) is 0 Å². The van der Waals surface area contributed by atoms with Gasteiger partial charge in [0.15, 0.2) is 5.82 Å². The molecular formula is C16H17N5. The van der Waals surface area contributed by atoms with E-state index in [4.69, 9.17) is 5.73 Å². The first-order valence-electron chi connectivity index (χ1n) is 7.00. The first-order chi connectivity index (χ1) is 10.3. The third kappa shape index (κ3) is 2.76. The molecular weight excluding hydrogens is 262 g/mol. The summed E-state index contributed by atoms with van der Waals surface area (Å²) in [6.45, 7) is 2.95. The quantitative estimate of drug-likeness (QED) is 0.797. The Balaban J connectivity index is 2.08. The summed E-state index contributed by atoms with van der Waals surface area (Å²) in [7, 11) is 0. The van der Waals surface area contributed by atoms with E-state index < -0.39 is 0 Å². The Hall–Kier alpha value is -2.69. The number of hydrogen-bond donors (Lipinski definition) is 1. The highest BCUT2D eigenvalue weighted by atomic mass is 15.3. The number of hydrogen-bond acceptors (Lipinski definition) is 4. The average Bonchev–Trinajstić information content (AvgIpc) is 2.96. The molecule has 0 unspecified atom stereocenters. The van der Waals surface area contributed by atoms with Crippen LogP contribution in [0.3, 0.4) is 0 Å². The smallest absolute Gasteiger partial charge is 0.180 e. The maximum absolute atomic E-state index is 5.95. The number of benzene rings is 1. The summed E-state index contributed by atoms with van der Waals surface area (Å²) in [5.74, 6) is 1.07. The van der Waals surface area contributed by atoms with Crippen LogP contribution in [0.15, 0.2) is 48.7 Å². The highest BCUT2D eigenvalue weighted by molar-refractivity contribution is 5.65. The molecule has 3 aromatic rings. The van der Waals surface area contributed by atoms with Crippen LogP contribution in [0.4, 0.5) is 5.82 Å². The summed E-state index contributed by atoms with van der Waals surface area (Å²) < 4.78 is 1.91. The molecule has 0 aliphatic rings. The van der Waals surface area contributed by atoms with Gasteiger partial charge in [-0.3, -0.25) is 4.68 Å². The molecule has 0 spiro atoms. The van der Waals surface area contributed by atoms with Gasteiger partial charge >= 0.3 is 0 Å². The van der Waals surface area contributed by atoms with Gasteiger partial charge in [-0.05, 0) is 12.5 Å². The Morgan fingerprint density at radius 2 is 1.90 bits per heavy atom. The van der Waals surface area contributed by atoms with Gasteiger partial charge in [-0.2, -0.15) is 5.10 Å². The Bertz CT molecular complexity index is 733. The van der Waals surface area contributed by atoms with Gasteiger partial charge in [-0.25, -0.2) is 9.97 Å². The molecule has 5 heteroatoms. The number of nitrogen functional groups attached to an aromatic ring is 1. The van der Waals surface area contributed by atoms with Crippen molar-refractivity contribution >= 4 is 5.82 Å². The number of aryl methyl sites for hydroxylation is 1. The van der Waals surface area contributed by atoms with Crippen LogP contribution in [0, 0.1) is 0 Å². The van der Waals surface area contributed by atoms with E-state index in [-0.39, 0.29) is 0 Å². The van der Waals surface area contributed by atoms with Gasteiger partial charge in [-0.15, -0.1) is 0 Å². The van der Waals surface area contributed by atoms with Crippen molar-refractivity contribution in [3.05, 3.63) is 48.7 Å². The van der Waals surface area contributed by atoms with Crippen LogP contribution in [-0.2, 0) is 6.54 Å². The van der Waals surface area contributed by atoms with E-state index >= 15 is 0 Å². The van der Waals surface area contributed by atoms with E-state index in [0.29, 0.717) is 11.6 Å². The molecule has 5 nitrogen and oxygen atoms in total. The molecule has 2 N–H and O–H groups in total. The normalized spacial score (nSPS) is 10.7. The number of anilines is 1. The zero-order valence-electron chi connectivity index (χ0n) is 11.9. The van der Waals surface area contributed by atoms with Crippen molar-refractivity contribution in [3.8, 4) is 22.8 Å². The predicted octanol–water partition coefficient (Wildman–Crippen LogP) is 3.00. The minimum Gasteiger partial charge on any atom is -0.384 e. The second-order valence-electron chi connectivity index (χ2n) is 4.81. The molecule has 1 aromatic carbocycles. The van der Waals surface area contributed by atoms with Crippen LogP contribution in [0.1, 0.15) is 13.3 Å². The van der Waals surface area contributed by atoms with Crippen LogP contribution in [0.25, 0.3) is 22.8 Å². The summed E-state index contributed by atoms with van der Waals surface area (Å²) in [6.07, 6.45) is 2.77. The Labute approximate surface area is 123 Å². The molecule has 0 aliphatic heterocycles. The molecule has 3 rings (SSSR count). The lowest BCUT2D eigenvalue weighted by molar-refractivity contribution is 0.607. The van der Waals surface area contributed by atoms with Crippen molar-refractivity contribution in [3.63, 3.8) is 0 Å². The standard InChI is InChI=1S/C16H17N5/c1-2-10-21-14(8-9-18-21)16-19-13(11-15(17)20-16)12-6-4-3-5-7-12/h3-9,11H,2,10H2,1H3,(H2,17,19,20). The summed E-state index contributed by atoms with van der Waals surface area (Å²) >= 11 is 0. The maximum Gasteiger partial charge on any atom is 0.180 e. The van der Waals surface area contributed by atoms with Crippen LogP contribution in [-0.4, -0.2) is 19.7 Å². The fourth-order valence-corrected chi connectivity index (χ4v) is 2.25. The van der Waals surface area contributed by atoms with E-state index in [9.17, 15) is 0 Å². The van der Waals surface area contributed by atoms with E-state index in [2.05, 4.69) is 22.0 Å². The Kier molecular flexibility index (Phi) is 3.64. The summed E-state index contributed by atoms with van der Waals surface area (Å²) in [5, 5.41) is 4.31. The molecule has 0 atom stereocenters. The van der Waals surface area contributed by atoms with Crippen LogP contribution in [0.2, 0.25) is 0 Å². The predicted molar refractivity (Wildman–Crippen MR) is 83.4 cm³/mol. The fraction of sp³-hybridized carbons (Fsp3) is 0.188. The van der Waals surface area contributed by atoms with Gasteiger partial charge in [0.2, 0.25) is 0 Å². The lowest BCUT2D eigenvalue weighted by Gasteiger charge is -2.08. The number of nitrogens with two attached hydrogens (primary N) is 1. The van der Waals surface area contributed by atoms with Crippen LogP contribution < -0.4 is 5.73 Å². The van der Waals surface area contributed by atoms with Gasteiger partial charge in [0.25, 0.3) is 0 Å². The molecule has 0 fully saturated rings. The van der Waals surface area contributed by atoms with Crippen molar-refractivity contribution in [2.24, 2.45) is 0 Å². The zero-order chi connectivity index (χ0) is 14.7. The van der Waals surface area contributed by atoms with Gasteiger partial charge in [-0.1, -0.05) is 37.3 Å². The van der Waals surface area contributed by atoms with E-state index in [1.807, 2.05) is 41.1 Å². The first-order valence-corrected chi connectivity index (χ1v) is 7.00. The van der Waals surface area contributed by atoms with Crippen molar-refractivity contribution < 1.29 is 0 Å². The van der Waals surface area contributed by atoms with Crippen molar-refractivity contribution in [2.75, 3.05) is 5.73 Å². The molecule has 2 aromatic heterocycles. The SMILES string of the molecule is CCCn1nccc1-c1nc(N)cc(-c2ccccc2)n1. The molecule has 0 bridgehead atoms. The number of nitrogens with zero attached hydrogens (tertiary/aromatic N) is 4. The van der Waals surface area contributed by atoms with E-state index in [1.54, 1.807) is 12.3 Å². The van der Waals surface area contributed by atoms with Crippen molar-refractivity contribution in [1.82, 2.24) is 19.7 Å². The van der Waals surface area contributed by atoms with Crippen LogP contribution in [0.5, 0.6) is 0 Å². The Morgan fingerprint density at radius 3 is 2.67 bits per heavy atom. The number of aromatic nitrogens is 4. The molecule has 0 radical (unpaired) electrons. The highest BCUT2D eigenvalue weighted by Crippen LogP contribution is 2.23. The average molecular weight is 279 g/mol. The molecule has 0 amide bonds. The summed E-state index contributed by atoms with van der Waals surface area (Å²) in [4.78, 5) is 8.99. The topological polar surface area (TPSA) is 69.6 Å². The number of rotatable bonds is 4.